The quantitative estimate of drug-likeness (QED) is 0.492. The lowest BCUT2D eigenvalue weighted by Gasteiger charge is -2.29. The monoisotopic (exact) mass is 246 g/mol. The molecule has 0 aromatic heterocycles. The van der Waals surface area contributed by atoms with Gasteiger partial charge in [0.05, 0.1) is 0 Å². The minimum absolute atomic E-state index is 0.473. The molecule has 2 rings (SSSR count). The summed E-state index contributed by atoms with van der Waals surface area (Å²) >= 11 is 0. The summed E-state index contributed by atoms with van der Waals surface area (Å²) in [6, 6.07) is 10.7. The fourth-order valence-corrected chi connectivity index (χ4v) is 2.57. The summed E-state index contributed by atoms with van der Waals surface area (Å²) in [7, 11) is 0. The van der Waals surface area contributed by atoms with Crippen molar-refractivity contribution in [3.63, 3.8) is 0 Å². The van der Waals surface area contributed by atoms with Gasteiger partial charge in [0.15, 0.2) is 0 Å². The largest absolute Gasteiger partial charge is 0.411 e. The molecule has 0 aliphatic carbocycles. The van der Waals surface area contributed by atoms with Crippen molar-refractivity contribution in [2.45, 2.75) is 25.7 Å². The van der Waals surface area contributed by atoms with Crippen molar-refractivity contribution in [1.29, 1.82) is 0 Å². The second-order valence-electron chi connectivity index (χ2n) is 5.03. The minimum Gasteiger partial charge on any atom is -0.411 e. The third-order valence-corrected chi connectivity index (χ3v) is 3.69. The van der Waals surface area contributed by atoms with Crippen LogP contribution in [0.15, 0.2) is 35.5 Å². The van der Waals surface area contributed by atoms with Crippen LogP contribution in [0.5, 0.6) is 0 Å². The molecule has 0 radical (unpaired) electrons. The average Bonchev–Trinajstić information content (AvgIpc) is 2.42. The van der Waals surface area contributed by atoms with Gasteiger partial charge >= 0.3 is 0 Å². The summed E-state index contributed by atoms with van der Waals surface area (Å²) in [6.45, 7) is 3.44. The number of hydrogen-bond donors (Lipinski definition) is 1. The molecule has 1 fully saturated rings. The first-order chi connectivity index (χ1) is 8.88. The average molecular weight is 246 g/mol. The lowest BCUT2D eigenvalue weighted by atomic mass is 9.98. The fourth-order valence-electron chi connectivity index (χ4n) is 2.57. The molecule has 1 N–H and O–H groups in total. The molecular formula is C15H22N2O. The zero-order valence-electron chi connectivity index (χ0n) is 10.8. The van der Waals surface area contributed by atoms with Gasteiger partial charge in [0, 0.05) is 6.21 Å². The van der Waals surface area contributed by atoms with E-state index in [1.807, 2.05) is 0 Å². The lowest BCUT2D eigenvalue weighted by molar-refractivity contribution is 0.206. The van der Waals surface area contributed by atoms with Crippen molar-refractivity contribution in [3.8, 4) is 0 Å². The van der Waals surface area contributed by atoms with Crippen LogP contribution >= 0.6 is 0 Å². The number of aryl methyl sites for hydroxylation is 1. The smallest absolute Gasteiger partial charge is 0.0467 e. The number of likely N-dealkylation sites (tertiary alicyclic amines) is 1. The Hall–Kier alpha value is -1.35. The standard InChI is InChI=1S/C15H22N2O/c18-16-13-15-8-11-17(12-9-15)10-4-7-14-5-2-1-3-6-14/h1-3,5-6,13,15,18H,4,7-12H2/b16-13+. The molecule has 1 heterocycles. The number of benzene rings is 1. The van der Waals surface area contributed by atoms with E-state index in [1.54, 1.807) is 6.21 Å². The molecule has 0 unspecified atom stereocenters. The van der Waals surface area contributed by atoms with Gasteiger partial charge < -0.3 is 10.1 Å². The van der Waals surface area contributed by atoms with E-state index in [0.717, 1.165) is 25.9 Å². The van der Waals surface area contributed by atoms with Gasteiger partial charge in [-0.1, -0.05) is 30.3 Å². The molecule has 1 aliphatic rings. The number of oxime groups is 1. The topological polar surface area (TPSA) is 35.8 Å². The van der Waals surface area contributed by atoms with Gasteiger partial charge in [-0.2, -0.15) is 0 Å². The Balaban J connectivity index is 1.64. The maximum atomic E-state index is 8.51. The molecule has 0 bridgehead atoms. The zero-order valence-corrected chi connectivity index (χ0v) is 10.8. The zero-order chi connectivity index (χ0) is 12.6. The number of nitrogens with zero attached hydrogens (tertiary/aromatic N) is 2. The second-order valence-corrected chi connectivity index (χ2v) is 5.03. The van der Waals surface area contributed by atoms with Gasteiger partial charge in [0.2, 0.25) is 0 Å². The van der Waals surface area contributed by atoms with Gasteiger partial charge in [-0.05, 0) is 56.8 Å². The Bertz CT molecular complexity index is 356. The number of hydrogen-bond acceptors (Lipinski definition) is 3. The summed E-state index contributed by atoms with van der Waals surface area (Å²) < 4.78 is 0. The molecule has 0 atom stereocenters. The van der Waals surface area contributed by atoms with Crippen LogP contribution in [-0.2, 0) is 6.42 Å². The van der Waals surface area contributed by atoms with Crippen molar-refractivity contribution >= 4 is 6.21 Å². The van der Waals surface area contributed by atoms with Gasteiger partial charge in [-0.3, -0.25) is 0 Å². The van der Waals surface area contributed by atoms with Crippen LogP contribution in [0.3, 0.4) is 0 Å². The van der Waals surface area contributed by atoms with Crippen LogP contribution in [0, 0.1) is 5.92 Å². The molecule has 0 amide bonds. The van der Waals surface area contributed by atoms with Gasteiger partial charge in [0.1, 0.15) is 0 Å². The summed E-state index contributed by atoms with van der Waals surface area (Å²) in [5, 5.41) is 11.7. The molecular weight excluding hydrogens is 224 g/mol. The summed E-state index contributed by atoms with van der Waals surface area (Å²) in [4.78, 5) is 2.52. The first kappa shape index (κ1) is 13.1. The molecule has 1 aromatic carbocycles. The van der Waals surface area contributed by atoms with Crippen molar-refractivity contribution in [2.24, 2.45) is 11.1 Å². The van der Waals surface area contributed by atoms with Crippen molar-refractivity contribution in [3.05, 3.63) is 35.9 Å². The molecule has 0 spiro atoms. The number of rotatable bonds is 5. The van der Waals surface area contributed by atoms with E-state index < -0.39 is 0 Å². The summed E-state index contributed by atoms with van der Waals surface area (Å²) in [5.41, 5.74) is 1.43. The van der Waals surface area contributed by atoms with Crippen LogP contribution in [-0.4, -0.2) is 36.0 Å². The van der Waals surface area contributed by atoms with Crippen LogP contribution in [0.1, 0.15) is 24.8 Å². The molecule has 1 aliphatic heterocycles. The van der Waals surface area contributed by atoms with Crippen molar-refractivity contribution in [2.75, 3.05) is 19.6 Å². The fraction of sp³-hybridized carbons (Fsp3) is 0.533. The normalized spacial score (nSPS) is 18.4. The van der Waals surface area contributed by atoms with E-state index >= 15 is 0 Å². The highest BCUT2D eigenvalue weighted by atomic mass is 16.4. The van der Waals surface area contributed by atoms with Crippen LogP contribution in [0.4, 0.5) is 0 Å². The molecule has 0 saturated carbocycles. The van der Waals surface area contributed by atoms with Gasteiger partial charge in [-0.15, -0.1) is 5.16 Å². The first-order valence-corrected chi connectivity index (χ1v) is 6.82. The predicted octanol–water partition coefficient (Wildman–Crippen LogP) is 2.79. The summed E-state index contributed by atoms with van der Waals surface area (Å²) in [6.07, 6.45) is 6.31. The number of piperidine rings is 1. The molecule has 3 nitrogen and oxygen atoms in total. The van der Waals surface area contributed by atoms with Crippen molar-refractivity contribution < 1.29 is 5.21 Å². The third-order valence-electron chi connectivity index (χ3n) is 3.69. The molecule has 3 heteroatoms. The third kappa shape index (κ3) is 4.15. The Morgan fingerprint density at radius 3 is 2.61 bits per heavy atom. The SMILES string of the molecule is O/N=C/C1CCN(CCCc2ccccc2)CC1. The van der Waals surface area contributed by atoms with Crippen LogP contribution in [0.25, 0.3) is 0 Å². The highest BCUT2D eigenvalue weighted by molar-refractivity contribution is 5.59. The lowest BCUT2D eigenvalue weighted by Crippen LogP contribution is -2.35. The summed E-state index contributed by atoms with van der Waals surface area (Å²) in [5.74, 6) is 0.473. The van der Waals surface area contributed by atoms with E-state index in [9.17, 15) is 0 Å². The molecule has 98 valence electrons. The Morgan fingerprint density at radius 1 is 1.22 bits per heavy atom. The predicted molar refractivity (Wildman–Crippen MR) is 74.2 cm³/mol. The Morgan fingerprint density at radius 2 is 1.94 bits per heavy atom. The Labute approximate surface area is 109 Å². The molecule has 1 aromatic rings. The molecule has 1 saturated heterocycles. The van der Waals surface area contributed by atoms with E-state index in [-0.39, 0.29) is 0 Å². The van der Waals surface area contributed by atoms with E-state index in [0.29, 0.717) is 5.92 Å². The second kappa shape index (κ2) is 7.17. The highest BCUT2D eigenvalue weighted by Gasteiger charge is 2.17. The van der Waals surface area contributed by atoms with Gasteiger partial charge in [-0.25, -0.2) is 0 Å². The Kier molecular flexibility index (Phi) is 5.21. The van der Waals surface area contributed by atoms with Gasteiger partial charge in [0.25, 0.3) is 0 Å². The van der Waals surface area contributed by atoms with E-state index in [4.69, 9.17) is 5.21 Å². The van der Waals surface area contributed by atoms with E-state index in [2.05, 4.69) is 40.4 Å². The molecule has 18 heavy (non-hydrogen) atoms. The maximum Gasteiger partial charge on any atom is 0.0467 e. The van der Waals surface area contributed by atoms with Crippen LogP contribution in [0.2, 0.25) is 0 Å². The first-order valence-electron chi connectivity index (χ1n) is 6.82. The van der Waals surface area contributed by atoms with Crippen LogP contribution < -0.4 is 0 Å². The minimum atomic E-state index is 0.473. The maximum absolute atomic E-state index is 8.51. The highest BCUT2D eigenvalue weighted by Crippen LogP contribution is 2.15. The van der Waals surface area contributed by atoms with Crippen molar-refractivity contribution in [1.82, 2.24) is 4.90 Å². The van der Waals surface area contributed by atoms with E-state index in [1.165, 1.54) is 24.9 Å².